The summed E-state index contributed by atoms with van der Waals surface area (Å²) in [5.41, 5.74) is 3.54. The summed E-state index contributed by atoms with van der Waals surface area (Å²) in [7, 11) is 0. The summed E-state index contributed by atoms with van der Waals surface area (Å²) >= 11 is 0. The van der Waals surface area contributed by atoms with Gasteiger partial charge < -0.3 is 10.6 Å². The molecule has 0 aromatic heterocycles. The van der Waals surface area contributed by atoms with Gasteiger partial charge in [0.25, 0.3) is 0 Å². The van der Waals surface area contributed by atoms with Crippen molar-refractivity contribution in [3.05, 3.63) is 29.3 Å². The zero-order chi connectivity index (χ0) is 18.4. The second kappa shape index (κ2) is 6.65. The van der Waals surface area contributed by atoms with Crippen molar-refractivity contribution in [2.24, 2.45) is 23.2 Å². The van der Waals surface area contributed by atoms with Crippen LogP contribution in [0.2, 0.25) is 0 Å². The highest BCUT2D eigenvalue weighted by molar-refractivity contribution is 5.91. The predicted octanol–water partition coefficient (Wildman–Crippen LogP) is 3.84. The number of carbonyl (C=O) groups is 2. The highest BCUT2D eigenvalue weighted by Crippen LogP contribution is 2.60. The lowest BCUT2D eigenvalue weighted by Gasteiger charge is -2.55. The third-order valence-electron chi connectivity index (χ3n) is 7.54. The van der Waals surface area contributed by atoms with Crippen LogP contribution in [-0.2, 0) is 22.4 Å². The van der Waals surface area contributed by atoms with E-state index in [4.69, 9.17) is 0 Å². The van der Waals surface area contributed by atoms with Crippen molar-refractivity contribution in [2.75, 3.05) is 11.9 Å². The first-order valence-corrected chi connectivity index (χ1v) is 10.8. The molecule has 4 fully saturated rings. The number of rotatable bonds is 5. The number of hydrogen-bond acceptors (Lipinski definition) is 2. The molecule has 6 rings (SSSR count). The molecule has 4 saturated carbocycles. The Morgan fingerprint density at radius 3 is 2.33 bits per heavy atom. The Morgan fingerprint density at radius 1 is 0.963 bits per heavy atom. The Kier molecular flexibility index (Phi) is 4.25. The van der Waals surface area contributed by atoms with Gasteiger partial charge >= 0.3 is 0 Å². The van der Waals surface area contributed by atoms with Crippen LogP contribution in [0.4, 0.5) is 5.69 Å². The molecule has 0 radical (unpaired) electrons. The first kappa shape index (κ1) is 17.3. The van der Waals surface area contributed by atoms with Crippen molar-refractivity contribution in [3.63, 3.8) is 0 Å². The topological polar surface area (TPSA) is 58.2 Å². The number of fused-ring (bicyclic) bond motifs is 1. The Hall–Kier alpha value is -1.84. The average Bonchev–Trinajstić information content (AvgIpc) is 3.08. The van der Waals surface area contributed by atoms with E-state index in [9.17, 15) is 9.59 Å². The normalized spacial score (nSPS) is 33.0. The van der Waals surface area contributed by atoms with E-state index in [1.54, 1.807) is 0 Å². The van der Waals surface area contributed by atoms with Gasteiger partial charge in [0.2, 0.25) is 11.8 Å². The molecule has 0 aliphatic heterocycles. The molecule has 2 N–H and O–H groups in total. The monoisotopic (exact) mass is 366 g/mol. The van der Waals surface area contributed by atoms with E-state index in [-0.39, 0.29) is 17.2 Å². The second-order valence-electron chi connectivity index (χ2n) is 9.59. The van der Waals surface area contributed by atoms with Gasteiger partial charge in [-0.25, -0.2) is 0 Å². The number of hydrogen-bond donors (Lipinski definition) is 2. The zero-order valence-electron chi connectivity index (χ0n) is 16.1. The molecule has 0 heterocycles. The molecule has 4 bridgehead atoms. The Morgan fingerprint density at radius 2 is 1.63 bits per heavy atom. The van der Waals surface area contributed by atoms with Gasteiger partial charge in [-0.3, -0.25) is 9.59 Å². The molecule has 0 saturated heterocycles. The summed E-state index contributed by atoms with van der Waals surface area (Å²) in [5, 5.41) is 6.09. The number of benzene rings is 1. The number of aryl methyl sites for hydroxylation is 2. The molecule has 0 spiro atoms. The quantitative estimate of drug-likeness (QED) is 0.832. The third kappa shape index (κ3) is 3.28. The molecule has 5 aliphatic carbocycles. The summed E-state index contributed by atoms with van der Waals surface area (Å²) in [4.78, 5) is 25.2. The first-order chi connectivity index (χ1) is 13.1. The smallest absolute Gasteiger partial charge is 0.226 e. The van der Waals surface area contributed by atoms with Gasteiger partial charge in [0.1, 0.15) is 0 Å². The molecule has 144 valence electrons. The third-order valence-corrected chi connectivity index (χ3v) is 7.54. The summed E-state index contributed by atoms with van der Waals surface area (Å²) in [5.74, 6) is 2.51. The average molecular weight is 367 g/mol. The lowest BCUT2D eigenvalue weighted by Crippen LogP contribution is -2.53. The van der Waals surface area contributed by atoms with E-state index in [0.29, 0.717) is 13.0 Å². The molecule has 4 heteroatoms. The lowest BCUT2D eigenvalue weighted by atomic mass is 9.49. The van der Waals surface area contributed by atoms with Crippen molar-refractivity contribution in [2.45, 2.75) is 64.2 Å². The maximum absolute atomic E-state index is 12.9. The molecule has 2 amide bonds. The largest absolute Gasteiger partial charge is 0.355 e. The van der Waals surface area contributed by atoms with E-state index in [0.717, 1.165) is 55.5 Å². The van der Waals surface area contributed by atoms with E-state index >= 15 is 0 Å². The molecule has 4 nitrogen and oxygen atoms in total. The summed E-state index contributed by atoms with van der Waals surface area (Å²) in [6, 6.07) is 6.23. The van der Waals surface area contributed by atoms with Crippen molar-refractivity contribution in [1.82, 2.24) is 5.32 Å². The van der Waals surface area contributed by atoms with E-state index in [1.807, 2.05) is 6.07 Å². The Balaban J connectivity index is 1.12. The Bertz CT molecular complexity index is 734. The van der Waals surface area contributed by atoms with Crippen LogP contribution in [0.1, 0.15) is 62.5 Å². The van der Waals surface area contributed by atoms with Gasteiger partial charge in [-0.05, 0) is 98.8 Å². The number of anilines is 1. The maximum Gasteiger partial charge on any atom is 0.226 e. The fraction of sp³-hybridized carbons (Fsp3) is 0.652. The fourth-order valence-electron chi connectivity index (χ4n) is 6.74. The van der Waals surface area contributed by atoms with E-state index in [2.05, 4.69) is 22.8 Å². The van der Waals surface area contributed by atoms with Crippen LogP contribution < -0.4 is 10.6 Å². The summed E-state index contributed by atoms with van der Waals surface area (Å²) in [6.45, 7) is 0.442. The van der Waals surface area contributed by atoms with Gasteiger partial charge in [-0.15, -0.1) is 0 Å². The van der Waals surface area contributed by atoms with Crippen molar-refractivity contribution >= 4 is 17.5 Å². The van der Waals surface area contributed by atoms with Crippen molar-refractivity contribution in [3.8, 4) is 0 Å². The number of nitrogens with one attached hydrogen (secondary N) is 2. The highest BCUT2D eigenvalue weighted by Gasteiger charge is 2.54. The molecule has 0 atom stereocenters. The van der Waals surface area contributed by atoms with Crippen LogP contribution in [0.15, 0.2) is 18.2 Å². The molecule has 5 aliphatic rings. The summed E-state index contributed by atoms with van der Waals surface area (Å²) in [6.07, 6.45) is 11.1. The minimum absolute atomic E-state index is 0.0150. The second-order valence-corrected chi connectivity index (χ2v) is 9.59. The standard InChI is InChI=1S/C23H30N2O2/c26-21(25-20-5-4-18-2-1-3-19(18)11-20)6-7-24-22(27)23-12-15-8-16(13-23)10-17(9-15)14-23/h4-5,11,15-17H,1-3,6-10,12-14H2,(H,24,27)(H,25,26). The minimum atomic E-state index is -0.120. The molecule has 1 aromatic rings. The van der Waals surface area contributed by atoms with Crippen LogP contribution >= 0.6 is 0 Å². The van der Waals surface area contributed by atoms with Crippen LogP contribution in [0, 0.1) is 23.2 Å². The molecule has 0 unspecified atom stereocenters. The van der Waals surface area contributed by atoms with Crippen molar-refractivity contribution < 1.29 is 9.59 Å². The first-order valence-electron chi connectivity index (χ1n) is 10.8. The maximum atomic E-state index is 12.9. The van der Waals surface area contributed by atoms with Crippen LogP contribution in [0.3, 0.4) is 0 Å². The van der Waals surface area contributed by atoms with Gasteiger partial charge in [-0.2, -0.15) is 0 Å². The SMILES string of the molecule is O=C(CCNC(=O)C12CC3CC(CC(C3)C1)C2)Nc1ccc2c(c1)CCC2. The van der Waals surface area contributed by atoms with E-state index < -0.39 is 0 Å². The highest BCUT2D eigenvalue weighted by atomic mass is 16.2. The molecular weight excluding hydrogens is 336 g/mol. The predicted molar refractivity (Wildman–Crippen MR) is 105 cm³/mol. The lowest BCUT2D eigenvalue weighted by molar-refractivity contribution is -0.146. The number of amides is 2. The van der Waals surface area contributed by atoms with Crippen molar-refractivity contribution in [1.29, 1.82) is 0 Å². The number of carbonyl (C=O) groups excluding carboxylic acids is 2. The van der Waals surface area contributed by atoms with Gasteiger partial charge in [0.05, 0.1) is 0 Å². The van der Waals surface area contributed by atoms with Crippen LogP contribution in [-0.4, -0.2) is 18.4 Å². The Labute approximate surface area is 161 Å². The van der Waals surface area contributed by atoms with Gasteiger partial charge in [0.15, 0.2) is 0 Å². The van der Waals surface area contributed by atoms with E-state index in [1.165, 1.54) is 36.8 Å². The summed E-state index contributed by atoms with van der Waals surface area (Å²) < 4.78 is 0. The van der Waals surface area contributed by atoms with Crippen LogP contribution in [0.25, 0.3) is 0 Å². The molecule has 1 aromatic carbocycles. The fourth-order valence-corrected chi connectivity index (χ4v) is 6.74. The molecular formula is C23H30N2O2. The van der Waals surface area contributed by atoms with Crippen LogP contribution in [0.5, 0.6) is 0 Å². The zero-order valence-corrected chi connectivity index (χ0v) is 16.1. The minimum Gasteiger partial charge on any atom is -0.355 e. The van der Waals surface area contributed by atoms with Gasteiger partial charge in [-0.1, -0.05) is 6.07 Å². The van der Waals surface area contributed by atoms with Gasteiger partial charge in [0, 0.05) is 24.1 Å². The molecule has 27 heavy (non-hydrogen) atoms.